The van der Waals surface area contributed by atoms with Crippen molar-refractivity contribution in [2.75, 3.05) is 12.3 Å². The lowest BCUT2D eigenvalue weighted by atomic mass is 10.2. The van der Waals surface area contributed by atoms with Gasteiger partial charge in [0.1, 0.15) is 11.9 Å². The third-order valence-corrected chi connectivity index (χ3v) is 2.73. The molecule has 88 valence electrons. The van der Waals surface area contributed by atoms with Crippen molar-refractivity contribution in [1.29, 1.82) is 0 Å². The highest BCUT2D eigenvalue weighted by Crippen LogP contribution is 2.40. The second kappa shape index (κ2) is 3.69. The van der Waals surface area contributed by atoms with Crippen LogP contribution in [0.1, 0.15) is 6.23 Å². The Morgan fingerprint density at radius 2 is 2.50 bits per heavy atom. The number of anilines is 1. The van der Waals surface area contributed by atoms with Crippen LogP contribution in [-0.2, 0) is 4.74 Å². The van der Waals surface area contributed by atoms with Crippen LogP contribution in [0.25, 0.3) is 0 Å². The van der Waals surface area contributed by atoms with Crippen LogP contribution in [0.15, 0.2) is 17.1 Å². The Morgan fingerprint density at radius 3 is 3.00 bits per heavy atom. The van der Waals surface area contributed by atoms with E-state index in [1.54, 1.807) is 0 Å². The van der Waals surface area contributed by atoms with Crippen LogP contribution in [0.4, 0.5) is 10.2 Å². The molecule has 0 aromatic carbocycles. The minimum absolute atomic E-state index is 0.0128. The maximum atomic E-state index is 13.8. The molecule has 1 aliphatic rings. The second-order valence-corrected chi connectivity index (χ2v) is 4.00. The highest BCUT2D eigenvalue weighted by molar-refractivity contribution is 6.23. The van der Waals surface area contributed by atoms with Crippen LogP contribution < -0.4 is 11.4 Å². The van der Waals surface area contributed by atoms with E-state index in [0.29, 0.717) is 0 Å². The fourth-order valence-corrected chi connectivity index (χ4v) is 1.67. The lowest BCUT2D eigenvalue weighted by Gasteiger charge is -2.22. The zero-order valence-electron chi connectivity index (χ0n) is 8.01. The van der Waals surface area contributed by atoms with E-state index in [4.69, 9.17) is 22.1 Å². The van der Waals surface area contributed by atoms with Gasteiger partial charge in [-0.3, -0.25) is 4.57 Å². The van der Waals surface area contributed by atoms with Gasteiger partial charge < -0.3 is 15.6 Å². The molecule has 1 saturated heterocycles. The average Bonchev–Trinajstić information content (AvgIpc) is 2.44. The summed E-state index contributed by atoms with van der Waals surface area (Å²) in [7, 11) is 0. The van der Waals surface area contributed by atoms with E-state index in [2.05, 4.69) is 4.98 Å². The van der Waals surface area contributed by atoms with Crippen molar-refractivity contribution in [3.8, 4) is 0 Å². The average molecular weight is 250 g/mol. The van der Waals surface area contributed by atoms with Gasteiger partial charge in [0.15, 0.2) is 6.23 Å². The number of alkyl halides is 2. The van der Waals surface area contributed by atoms with Gasteiger partial charge in [-0.1, -0.05) is 11.6 Å². The molecule has 0 bridgehead atoms. The molecule has 0 radical (unpaired) electrons. The summed E-state index contributed by atoms with van der Waals surface area (Å²) in [5, 5.41) is 6.69. The molecule has 1 aliphatic heterocycles. The Kier molecular flexibility index (Phi) is 2.61. The summed E-state index contributed by atoms with van der Waals surface area (Å²) in [6, 6.07) is 1.31. The minimum atomic E-state index is -2.55. The molecule has 0 spiro atoms. The molecule has 1 fully saturated rings. The Labute approximate surface area is 94.4 Å². The third-order valence-electron chi connectivity index (χ3n) is 2.29. The Morgan fingerprint density at radius 1 is 1.81 bits per heavy atom. The molecule has 1 aromatic heterocycles. The summed E-state index contributed by atoms with van der Waals surface area (Å²) in [6.07, 6.45) is -1.70. The van der Waals surface area contributed by atoms with Crippen molar-refractivity contribution in [2.24, 2.45) is 0 Å². The van der Waals surface area contributed by atoms with E-state index in [0.717, 1.165) is 4.57 Å². The van der Waals surface area contributed by atoms with Crippen LogP contribution in [-0.4, -0.2) is 32.5 Å². The van der Waals surface area contributed by atoms with Crippen molar-refractivity contribution in [3.63, 3.8) is 0 Å². The molecule has 16 heavy (non-hydrogen) atoms. The SMILES string of the molecule is Nc1ccn(C2OCC(O)C2(F)Cl)c(=O)n1. The number of rotatable bonds is 1. The highest BCUT2D eigenvalue weighted by atomic mass is 35.5. The van der Waals surface area contributed by atoms with E-state index in [1.165, 1.54) is 12.3 Å². The predicted octanol–water partition coefficient (Wildman–Crippen LogP) is -0.380. The number of hydrogen-bond donors (Lipinski definition) is 2. The van der Waals surface area contributed by atoms with Gasteiger partial charge in [0, 0.05) is 6.20 Å². The van der Waals surface area contributed by atoms with Crippen LogP contribution >= 0.6 is 11.6 Å². The van der Waals surface area contributed by atoms with Gasteiger partial charge in [0.2, 0.25) is 0 Å². The first-order chi connectivity index (χ1) is 7.43. The summed E-state index contributed by atoms with van der Waals surface area (Å²) in [5.74, 6) is 0.0128. The van der Waals surface area contributed by atoms with Crippen molar-refractivity contribution in [1.82, 2.24) is 9.55 Å². The van der Waals surface area contributed by atoms with Crippen LogP contribution in [0.5, 0.6) is 0 Å². The van der Waals surface area contributed by atoms with E-state index in [9.17, 15) is 14.3 Å². The molecule has 0 saturated carbocycles. The van der Waals surface area contributed by atoms with Gasteiger partial charge in [-0.05, 0) is 6.07 Å². The van der Waals surface area contributed by atoms with Crippen LogP contribution in [0, 0.1) is 0 Å². The number of aromatic nitrogens is 2. The number of nitrogens with zero attached hydrogens (tertiary/aromatic N) is 2. The largest absolute Gasteiger partial charge is 0.386 e. The smallest absolute Gasteiger partial charge is 0.351 e. The minimum Gasteiger partial charge on any atom is -0.386 e. The van der Waals surface area contributed by atoms with Gasteiger partial charge in [0.05, 0.1) is 6.61 Å². The number of ether oxygens (including phenoxy) is 1. The van der Waals surface area contributed by atoms with Crippen LogP contribution in [0.3, 0.4) is 0 Å². The van der Waals surface area contributed by atoms with Gasteiger partial charge >= 0.3 is 5.69 Å². The summed E-state index contributed by atoms with van der Waals surface area (Å²) >= 11 is 5.47. The molecule has 0 amide bonds. The van der Waals surface area contributed by atoms with Gasteiger partial charge in [0.25, 0.3) is 5.13 Å². The zero-order valence-corrected chi connectivity index (χ0v) is 8.76. The number of nitrogens with two attached hydrogens (primary N) is 1. The summed E-state index contributed by atoms with van der Waals surface area (Å²) in [4.78, 5) is 14.8. The Balaban J connectivity index is 2.42. The third kappa shape index (κ3) is 1.66. The molecule has 6 nitrogen and oxygen atoms in total. The quantitative estimate of drug-likeness (QED) is 0.662. The van der Waals surface area contributed by atoms with Crippen molar-refractivity contribution in [2.45, 2.75) is 17.5 Å². The maximum Gasteiger partial charge on any atom is 0.351 e. The molecular weight excluding hydrogens is 241 g/mol. The number of aliphatic hydroxyl groups excluding tert-OH is 1. The summed E-state index contributed by atoms with van der Waals surface area (Å²) in [5.41, 5.74) is 4.49. The lowest BCUT2D eigenvalue weighted by Crippen LogP contribution is -2.39. The molecule has 2 rings (SSSR count). The second-order valence-electron chi connectivity index (χ2n) is 3.42. The van der Waals surface area contributed by atoms with Crippen molar-refractivity contribution in [3.05, 3.63) is 22.7 Å². The number of halogens is 2. The first-order valence-electron chi connectivity index (χ1n) is 4.45. The van der Waals surface area contributed by atoms with E-state index in [-0.39, 0.29) is 12.4 Å². The number of nitrogen functional groups attached to an aromatic ring is 1. The first kappa shape index (κ1) is 11.3. The molecule has 3 atom stereocenters. The standard InChI is InChI=1S/C8H9ClFN3O3/c9-8(10)4(14)3-16-6(8)13-2-1-5(11)12-7(13)15/h1-2,4,6,14H,3H2,(H2,11,12,15). The summed E-state index contributed by atoms with van der Waals surface area (Å²) in [6.45, 7) is -0.290. The Hall–Kier alpha value is -1.18. The predicted molar refractivity (Wildman–Crippen MR) is 53.6 cm³/mol. The normalized spacial score (nSPS) is 34.2. The van der Waals surface area contributed by atoms with E-state index in [1.807, 2.05) is 0 Å². The first-order valence-corrected chi connectivity index (χ1v) is 4.83. The van der Waals surface area contributed by atoms with E-state index >= 15 is 0 Å². The fourth-order valence-electron chi connectivity index (χ4n) is 1.44. The van der Waals surface area contributed by atoms with E-state index < -0.39 is 23.1 Å². The molecule has 3 N–H and O–H groups in total. The van der Waals surface area contributed by atoms with Crippen molar-refractivity contribution >= 4 is 17.4 Å². The number of aliphatic hydroxyl groups is 1. The monoisotopic (exact) mass is 249 g/mol. The molecular formula is C8H9ClFN3O3. The topological polar surface area (TPSA) is 90.4 Å². The molecule has 2 heterocycles. The van der Waals surface area contributed by atoms with Gasteiger partial charge in [-0.25, -0.2) is 9.18 Å². The molecule has 3 unspecified atom stereocenters. The fraction of sp³-hybridized carbons (Fsp3) is 0.500. The lowest BCUT2D eigenvalue weighted by molar-refractivity contribution is -0.00153. The molecule has 1 aromatic rings. The molecule has 8 heteroatoms. The van der Waals surface area contributed by atoms with Gasteiger partial charge in [-0.15, -0.1) is 0 Å². The van der Waals surface area contributed by atoms with Gasteiger partial charge in [-0.2, -0.15) is 4.98 Å². The number of hydrogen-bond acceptors (Lipinski definition) is 5. The van der Waals surface area contributed by atoms with Crippen molar-refractivity contribution < 1.29 is 14.2 Å². The zero-order chi connectivity index (χ0) is 11.9. The molecule has 0 aliphatic carbocycles. The Bertz CT molecular complexity index is 464. The highest BCUT2D eigenvalue weighted by Gasteiger charge is 2.52. The van der Waals surface area contributed by atoms with Crippen LogP contribution in [0.2, 0.25) is 0 Å². The summed E-state index contributed by atoms with van der Waals surface area (Å²) < 4.78 is 19.6. The maximum absolute atomic E-state index is 13.8.